The maximum atomic E-state index is 12.1. The van der Waals surface area contributed by atoms with Crippen LogP contribution in [0.4, 0.5) is 0 Å². The lowest BCUT2D eigenvalue weighted by atomic mass is 10.1. The zero-order chi connectivity index (χ0) is 13.2. The van der Waals surface area contributed by atoms with Gasteiger partial charge in [-0.1, -0.05) is 30.3 Å². The summed E-state index contributed by atoms with van der Waals surface area (Å²) in [5.41, 5.74) is 2.29. The predicted molar refractivity (Wildman–Crippen MR) is 72.3 cm³/mol. The Morgan fingerprint density at radius 1 is 1.37 bits per heavy atom. The summed E-state index contributed by atoms with van der Waals surface area (Å²) in [7, 11) is 1.88. The number of aromatic nitrogens is 2. The van der Waals surface area contributed by atoms with Gasteiger partial charge in [0.15, 0.2) is 0 Å². The summed E-state index contributed by atoms with van der Waals surface area (Å²) in [5.74, 6) is 0.679. The average Bonchev–Trinajstić information content (AvgIpc) is 3.14. The summed E-state index contributed by atoms with van der Waals surface area (Å²) in [4.78, 5) is 12.1. The van der Waals surface area contributed by atoms with Gasteiger partial charge in [0.25, 0.3) is 0 Å². The van der Waals surface area contributed by atoms with Gasteiger partial charge in [0.05, 0.1) is 12.2 Å². The Bertz CT molecular complexity index is 576. The summed E-state index contributed by atoms with van der Waals surface area (Å²) in [5, 5.41) is 7.07. The number of hydrogen-bond donors (Lipinski definition) is 1. The van der Waals surface area contributed by atoms with Crippen LogP contribution in [0.2, 0.25) is 0 Å². The minimum atomic E-state index is 0.135. The zero-order valence-electron chi connectivity index (χ0n) is 10.9. The second kappa shape index (κ2) is 4.88. The molecule has 1 amide bonds. The van der Waals surface area contributed by atoms with Crippen molar-refractivity contribution in [1.29, 1.82) is 0 Å². The first kappa shape index (κ1) is 12.0. The number of carbonyl (C=O) groups is 1. The molecule has 1 saturated carbocycles. The highest BCUT2D eigenvalue weighted by atomic mass is 16.2. The van der Waals surface area contributed by atoms with Gasteiger partial charge in [-0.15, -0.1) is 0 Å². The van der Waals surface area contributed by atoms with Crippen LogP contribution < -0.4 is 5.32 Å². The third-order valence-electron chi connectivity index (χ3n) is 3.72. The van der Waals surface area contributed by atoms with E-state index in [1.165, 1.54) is 5.56 Å². The van der Waals surface area contributed by atoms with Gasteiger partial charge in [0.2, 0.25) is 5.91 Å². The summed E-state index contributed by atoms with van der Waals surface area (Å²) < 4.78 is 1.78. The van der Waals surface area contributed by atoms with Gasteiger partial charge in [-0.25, -0.2) is 0 Å². The molecule has 4 heteroatoms. The molecule has 1 aliphatic carbocycles. The first-order valence-corrected chi connectivity index (χ1v) is 6.55. The van der Waals surface area contributed by atoms with E-state index < -0.39 is 0 Å². The van der Waals surface area contributed by atoms with E-state index in [9.17, 15) is 4.79 Å². The van der Waals surface area contributed by atoms with Crippen molar-refractivity contribution in [3.05, 3.63) is 53.9 Å². The molecule has 1 N–H and O–H groups in total. The highest BCUT2D eigenvalue weighted by molar-refractivity contribution is 5.82. The average molecular weight is 255 g/mol. The molecule has 4 nitrogen and oxygen atoms in total. The van der Waals surface area contributed by atoms with E-state index in [1.807, 2.05) is 31.3 Å². The molecule has 1 aromatic heterocycles. The third-order valence-corrected chi connectivity index (χ3v) is 3.72. The normalized spacial score (nSPS) is 21.1. The van der Waals surface area contributed by atoms with Gasteiger partial charge in [0.1, 0.15) is 0 Å². The zero-order valence-corrected chi connectivity index (χ0v) is 10.9. The second-order valence-electron chi connectivity index (χ2n) is 5.02. The molecule has 2 unspecified atom stereocenters. The van der Waals surface area contributed by atoms with Crippen molar-refractivity contribution in [2.24, 2.45) is 13.0 Å². The highest BCUT2D eigenvalue weighted by Gasteiger charge is 2.43. The van der Waals surface area contributed by atoms with Gasteiger partial charge in [-0.2, -0.15) is 5.10 Å². The predicted octanol–water partition coefficient (Wildman–Crippen LogP) is 1.84. The minimum Gasteiger partial charge on any atom is -0.350 e. The second-order valence-corrected chi connectivity index (χ2v) is 5.02. The van der Waals surface area contributed by atoms with E-state index in [0.717, 1.165) is 12.1 Å². The molecule has 98 valence electrons. The lowest BCUT2D eigenvalue weighted by Crippen LogP contribution is -2.25. The topological polar surface area (TPSA) is 46.9 Å². The summed E-state index contributed by atoms with van der Waals surface area (Å²) in [6, 6.07) is 12.2. The number of nitrogens with one attached hydrogen (secondary N) is 1. The van der Waals surface area contributed by atoms with Crippen molar-refractivity contribution in [2.45, 2.75) is 18.9 Å². The van der Waals surface area contributed by atoms with Gasteiger partial charge in [0, 0.05) is 19.2 Å². The van der Waals surface area contributed by atoms with Crippen LogP contribution in [-0.2, 0) is 18.4 Å². The third kappa shape index (κ3) is 2.52. The Morgan fingerprint density at radius 2 is 2.16 bits per heavy atom. The van der Waals surface area contributed by atoms with E-state index in [2.05, 4.69) is 22.5 Å². The molecule has 1 aromatic carbocycles. The van der Waals surface area contributed by atoms with Crippen LogP contribution in [0.15, 0.2) is 42.6 Å². The molecule has 0 saturated heterocycles. The lowest BCUT2D eigenvalue weighted by Gasteiger charge is -2.05. The van der Waals surface area contributed by atoms with Crippen molar-refractivity contribution < 1.29 is 4.79 Å². The summed E-state index contributed by atoms with van der Waals surface area (Å²) in [6.45, 7) is 0.549. The molecule has 0 spiro atoms. The van der Waals surface area contributed by atoms with Crippen molar-refractivity contribution in [1.82, 2.24) is 15.1 Å². The maximum absolute atomic E-state index is 12.1. The number of nitrogens with zero attached hydrogens (tertiary/aromatic N) is 2. The molecular formula is C15H17N3O. The molecule has 1 fully saturated rings. The Hall–Kier alpha value is -2.10. The van der Waals surface area contributed by atoms with E-state index in [0.29, 0.717) is 12.5 Å². The fourth-order valence-electron chi connectivity index (χ4n) is 2.44. The van der Waals surface area contributed by atoms with E-state index in [-0.39, 0.29) is 11.8 Å². The molecule has 19 heavy (non-hydrogen) atoms. The lowest BCUT2D eigenvalue weighted by molar-refractivity contribution is -0.122. The van der Waals surface area contributed by atoms with Crippen LogP contribution in [0.3, 0.4) is 0 Å². The molecule has 0 bridgehead atoms. The van der Waals surface area contributed by atoms with Crippen molar-refractivity contribution >= 4 is 5.91 Å². The number of aryl methyl sites for hydroxylation is 1. The molecule has 1 heterocycles. The van der Waals surface area contributed by atoms with E-state index in [1.54, 1.807) is 10.9 Å². The van der Waals surface area contributed by atoms with Crippen molar-refractivity contribution in [3.63, 3.8) is 0 Å². The first-order chi connectivity index (χ1) is 9.25. The van der Waals surface area contributed by atoms with Gasteiger partial charge < -0.3 is 5.32 Å². The van der Waals surface area contributed by atoms with Gasteiger partial charge in [-0.3, -0.25) is 9.48 Å². The Labute approximate surface area is 112 Å². The maximum Gasteiger partial charge on any atom is 0.224 e. The number of hydrogen-bond acceptors (Lipinski definition) is 2. The van der Waals surface area contributed by atoms with Crippen LogP contribution in [-0.4, -0.2) is 15.7 Å². The molecule has 0 aliphatic heterocycles. The van der Waals surface area contributed by atoms with Crippen LogP contribution in [0.5, 0.6) is 0 Å². The van der Waals surface area contributed by atoms with Crippen LogP contribution in [0, 0.1) is 5.92 Å². The molecule has 1 aliphatic rings. The van der Waals surface area contributed by atoms with Gasteiger partial charge in [-0.05, 0) is 24.0 Å². The van der Waals surface area contributed by atoms with Crippen molar-refractivity contribution in [3.8, 4) is 0 Å². The van der Waals surface area contributed by atoms with Crippen LogP contribution in [0.1, 0.15) is 23.6 Å². The van der Waals surface area contributed by atoms with Crippen molar-refractivity contribution in [2.75, 3.05) is 0 Å². The van der Waals surface area contributed by atoms with E-state index in [4.69, 9.17) is 0 Å². The van der Waals surface area contributed by atoms with Crippen LogP contribution >= 0.6 is 0 Å². The molecule has 2 atom stereocenters. The number of rotatable bonds is 4. The quantitative estimate of drug-likeness (QED) is 0.906. The number of benzene rings is 1. The minimum absolute atomic E-state index is 0.135. The molecule has 0 radical (unpaired) electrons. The Balaban J connectivity index is 1.55. The molecule has 2 aromatic rings. The Kier molecular flexibility index (Phi) is 3.07. The fourth-order valence-corrected chi connectivity index (χ4v) is 2.44. The SMILES string of the molecule is Cn1nccc1CNC(=O)C1CC1c1ccccc1. The fraction of sp³-hybridized carbons (Fsp3) is 0.333. The smallest absolute Gasteiger partial charge is 0.224 e. The molecular weight excluding hydrogens is 238 g/mol. The van der Waals surface area contributed by atoms with Gasteiger partial charge >= 0.3 is 0 Å². The first-order valence-electron chi connectivity index (χ1n) is 6.55. The summed E-state index contributed by atoms with van der Waals surface area (Å²) >= 11 is 0. The summed E-state index contributed by atoms with van der Waals surface area (Å²) in [6.07, 6.45) is 2.70. The number of carbonyl (C=O) groups excluding carboxylic acids is 1. The van der Waals surface area contributed by atoms with Crippen LogP contribution in [0.25, 0.3) is 0 Å². The Morgan fingerprint density at radius 3 is 2.84 bits per heavy atom. The largest absolute Gasteiger partial charge is 0.350 e. The standard InChI is InChI=1S/C15H17N3O/c1-18-12(7-8-17-18)10-16-15(19)14-9-13(14)11-5-3-2-4-6-11/h2-8,13-14H,9-10H2,1H3,(H,16,19). The molecule has 3 rings (SSSR count). The van der Waals surface area contributed by atoms with E-state index >= 15 is 0 Å². The number of amides is 1. The monoisotopic (exact) mass is 255 g/mol. The highest BCUT2D eigenvalue weighted by Crippen LogP contribution is 2.47.